The van der Waals surface area contributed by atoms with Crippen LogP contribution in [0.25, 0.3) is 0 Å². The molecule has 0 aliphatic heterocycles. The Balaban J connectivity index is 2.36. The predicted molar refractivity (Wildman–Crippen MR) is 88.0 cm³/mol. The van der Waals surface area contributed by atoms with Crippen molar-refractivity contribution in [2.45, 2.75) is 26.7 Å². The van der Waals surface area contributed by atoms with Crippen LogP contribution in [-0.4, -0.2) is 9.97 Å². The Hall–Kier alpha value is -0.940. The van der Waals surface area contributed by atoms with Gasteiger partial charge in [0, 0.05) is 10.9 Å². The summed E-state index contributed by atoms with van der Waals surface area (Å²) < 4.78 is 1.57. The maximum Gasteiger partial charge on any atom is 0.265 e. The number of benzene rings is 1. The fraction of sp³-hybridized carbons (Fsp3) is 0.333. The molecule has 1 aromatic heterocycles. The molecular formula is C15H16Br2N2O. The average molecular weight is 400 g/mol. The van der Waals surface area contributed by atoms with Crippen molar-refractivity contribution >= 4 is 31.9 Å². The molecule has 0 aliphatic rings. The molecule has 1 N–H and O–H groups in total. The molecule has 106 valence electrons. The van der Waals surface area contributed by atoms with Gasteiger partial charge in [0.2, 0.25) is 0 Å². The standard InChI is InChI=1S/C15H16Br2N2O/c1-9(2)7-12-14(17)15(20)19-13(18-12)8-10-5-3-4-6-11(10)16/h3-6,9H,7-8H2,1-2H3,(H,18,19,20). The minimum Gasteiger partial charge on any atom is -0.309 e. The lowest BCUT2D eigenvalue weighted by Gasteiger charge is -2.09. The van der Waals surface area contributed by atoms with E-state index in [0.29, 0.717) is 22.6 Å². The largest absolute Gasteiger partial charge is 0.309 e. The van der Waals surface area contributed by atoms with Gasteiger partial charge >= 0.3 is 0 Å². The first-order valence-corrected chi connectivity index (χ1v) is 8.07. The van der Waals surface area contributed by atoms with E-state index in [4.69, 9.17) is 0 Å². The quantitative estimate of drug-likeness (QED) is 0.841. The minimum atomic E-state index is -0.113. The van der Waals surface area contributed by atoms with Gasteiger partial charge < -0.3 is 4.98 Å². The summed E-state index contributed by atoms with van der Waals surface area (Å²) in [7, 11) is 0. The average Bonchev–Trinajstić information content (AvgIpc) is 2.37. The fourth-order valence-electron chi connectivity index (χ4n) is 1.98. The molecule has 0 unspecified atom stereocenters. The predicted octanol–water partition coefficient (Wildman–Crippen LogP) is 4.08. The normalized spacial score (nSPS) is 11.1. The van der Waals surface area contributed by atoms with Crippen LogP contribution in [0.5, 0.6) is 0 Å². The van der Waals surface area contributed by atoms with Crippen molar-refractivity contribution in [2.24, 2.45) is 5.92 Å². The number of hydrogen-bond acceptors (Lipinski definition) is 2. The van der Waals surface area contributed by atoms with Gasteiger partial charge in [-0.25, -0.2) is 4.98 Å². The lowest BCUT2D eigenvalue weighted by Crippen LogP contribution is -2.17. The molecule has 1 heterocycles. The van der Waals surface area contributed by atoms with E-state index in [-0.39, 0.29) is 5.56 Å². The van der Waals surface area contributed by atoms with Crippen molar-refractivity contribution in [3.63, 3.8) is 0 Å². The molecule has 3 nitrogen and oxygen atoms in total. The summed E-state index contributed by atoms with van der Waals surface area (Å²) in [5.41, 5.74) is 1.82. The summed E-state index contributed by atoms with van der Waals surface area (Å²) in [6.07, 6.45) is 1.39. The van der Waals surface area contributed by atoms with E-state index in [1.807, 2.05) is 24.3 Å². The first-order chi connectivity index (χ1) is 9.47. The van der Waals surface area contributed by atoms with Crippen molar-refractivity contribution in [3.8, 4) is 0 Å². The van der Waals surface area contributed by atoms with Crippen molar-refractivity contribution in [3.05, 3.63) is 60.6 Å². The molecule has 0 saturated carbocycles. The Kier molecular flexibility index (Phi) is 5.16. The van der Waals surface area contributed by atoms with E-state index in [2.05, 4.69) is 55.7 Å². The number of aromatic amines is 1. The Bertz CT molecular complexity index is 665. The van der Waals surface area contributed by atoms with Gasteiger partial charge in [-0.1, -0.05) is 48.0 Å². The van der Waals surface area contributed by atoms with Crippen LogP contribution < -0.4 is 5.56 Å². The topological polar surface area (TPSA) is 45.8 Å². The summed E-state index contributed by atoms with van der Waals surface area (Å²) in [6.45, 7) is 4.23. The lowest BCUT2D eigenvalue weighted by molar-refractivity contribution is 0.627. The number of aromatic nitrogens is 2. The number of halogens is 2. The summed E-state index contributed by atoms with van der Waals surface area (Å²) in [5, 5.41) is 0. The van der Waals surface area contributed by atoms with Gasteiger partial charge in [0.25, 0.3) is 5.56 Å². The molecule has 1 aromatic carbocycles. The highest BCUT2D eigenvalue weighted by molar-refractivity contribution is 9.10. The molecular weight excluding hydrogens is 384 g/mol. The molecule has 0 spiro atoms. The second-order valence-electron chi connectivity index (χ2n) is 5.14. The highest BCUT2D eigenvalue weighted by Crippen LogP contribution is 2.19. The van der Waals surface area contributed by atoms with E-state index in [1.165, 1.54) is 0 Å². The highest BCUT2D eigenvalue weighted by Gasteiger charge is 2.11. The molecule has 0 fully saturated rings. The first kappa shape index (κ1) is 15.4. The van der Waals surface area contributed by atoms with Crippen LogP contribution in [-0.2, 0) is 12.8 Å². The van der Waals surface area contributed by atoms with Gasteiger partial charge in [0.15, 0.2) is 0 Å². The minimum absolute atomic E-state index is 0.113. The van der Waals surface area contributed by atoms with Crippen molar-refractivity contribution in [1.82, 2.24) is 9.97 Å². The molecule has 0 bridgehead atoms. The van der Waals surface area contributed by atoms with Crippen LogP contribution in [0, 0.1) is 5.92 Å². The number of nitrogens with one attached hydrogen (secondary N) is 1. The Labute approximate surface area is 135 Å². The third kappa shape index (κ3) is 3.79. The van der Waals surface area contributed by atoms with Gasteiger partial charge in [-0.15, -0.1) is 0 Å². The maximum atomic E-state index is 12.0. The molecule has 0 saturated heterocycles. The second-order valence-corrected chi connectivity index (χ2v) is 6.79. The second kappa shape index (κ2) is 6.68. The zero-order valence-electron chi connectivity index (χ0n) is 11.4. The van der Waals surface area contributed by atoms with Crippen LogP contribution >= 0.6 is 31.9 Å². The molecule has 2 aromatic rings. The smallest absolute Gasteiger partial charge is 0.265 e. The Morgan fingerprint density at radius 2 is 1.95 bits per heavy atom. The van der Waals surface area contributed by atoms with E-state index < -0.39 is 0 Å². The van der Waals surface area contributed by atoms with Crippen LogP contribution in [0.1, 0.15) is 30.9 Å². The van der Waals surface area contributed by atoms with Gasteiger partial charge in [-0.2, -0.15) is 0 Å². The van der Waals surface area contributed by atoms with Crippen molar-refractivity contribution in [1.29, 1.82) is 0 Å². The van der Waals surface area contributed by atoms with Gasteiger partial charge in [0.1, 0.15) is 10.3 Å². The highest BCUT2D eigenvalue weighted by atomic mass is 79.9. The molecule has 0 aliphatic carbocycles. The van der Waals surface area contributed by atoms with Crippen molar-refractivity contribution < 1.29 is 0 Å². The number of H-pyrrole nitrogens is 1. The fourth-order valence-corrected chi connectivity index (χ4v) is 2.76. The number of hydrogen-bond donors (Lipinski definition) is 1. The molecule has 0 amide bonds. The SMILES string of the molecule is CC(C)Cc1nc(Cc2ccccc2Br)[nH]c(=O)c1Br. The van der Waals surface area contributed by atoms with Crippen LogP contribution in [0.2, 0.25) is 0 Å². The summed E-state index contributed by atoms with van der Waals surface area (Å²) >= 11 is 6.84. The number of nitrogens with zero attached hydrogens (tertiary/aromatic N) is 1. The zero-order valence-corrected chi connectivity index (χ0v) is 14.6. The van der Waals surface area contributed by atoms with Crippen LogP contribution in [0.3, 0.4) is 0 Å². The Morgan fingerprint density at radius 1 is 1.25 bits per heavy atom. The van der Waals surface area contributed by atoms with Gasteiger partial charge in [-0.05, 0) is 39.9 Å². The molecule has 2 rings (SSSR count). The van der Waals surface area contributed by atoms with E-state index in [0.717, 1.165) is 22.2 Å². The number of rotatable bonds is 4. The van der Waals surface area contributed by atoms with Crippen LogP contribution in [0.4, 0.5) is 0 Å². The van der Waals surface area contributed by atoms with Crippen molar-refractivity contribution in [2.75, 3.05) is 0 Å². The molecule has 5 heteroatoms. The van der Waals surface area contributed by atoms with Gasteiger partial charge in [0.05, 0.1) is 5.69 Å². The molecule has 0 radical (unpaired) electrons. The monoisotopic (exact) mass is 398 g/mol. The van der Waals surface area contributed by atoms with E-state index in [9.17, 15) is 4.79 Å². The first-order valence-electron chi connectivity index (χ1n) is 6.48. The van der Waals surface area contributed by atoms with Gasteiger partial charge in [-0.3, -0.25) is 4.79 Å². The lowest BCUT2D eigenvalue weighted by atomic mass is 10.1. The summed E-state index contributed by atoms with van der Waals surface area (Å²) in [5.74, 6) is 1.15. The summed E-state index contributed by atoms with van der Waals surface area (Å²) in [4.78, 5) is 19.4. The molecule has 20 heavy (non-hydrogen) atoms. The Morgan fingerprint density at radius 3 is 2.60 bits per heavy atom. The van der Waals surface area contributed by atoms with E-state index in [1.54, 1.807) is 0 Å². The zero-order chi connectivity index (χ0) is 14.7. The van der Waals surface area contributed by atoms with E-state index >= 15 is 0 Å². The third-order valence-corrected chi connectivity index (χ3v) is 4.49. The third-order valence-electron chi connectivity index (χ3n) is 2.90. The van der Waals surface area contributed by atoms with Crippen LogP contribution in [0.15, 0.2) is 38.0 Å². The summed E-state index contributed by atoms with van der Waals surface area (Å²) in [6, 6.07) is 7.96. The maximum absolute atomic E-state index is 12.0. The molecule has 0 atom stereocenters.